The summed E-state index contributed by atoms with van der Waals surface area (Å²) in [7, 11) is 0. The van der Waals surface area contributed by atoms with Gasteiger partial charge in [0.05, 0.1) is 11.6 Å². The maximum Gasteiger partial charge on any atom is 0.227 e. The number of hydrogen-bond acceptors (Lipinski definition) is 2. The van der Waals surface area contributed by atoms with Crippen molar-refractivity contribution in [3.63, 3.8) is 0 Å². The maximum atomic E-state index is 11.5. The van der Waals surface area contributed by atoms with Gasteiger partial charge in [-0.3, -0.25) is 4.79 Å². The summed E-state index contributed by atoms with van der Waals surface area (Å²) in [5.41, 5.74) is 1.07. The molecule has 0 saturated heterocycles. The Hall–Kier alpha value is -0.960. The summed E-state index contributed by atoms with van der Waals surface area (Å²) in [6.45, 7) is 1.90. The second-order valence-electron chi connectivity index (χ2n) is 2.92. The van der Waals surface area contributed by atoms with Crippen LogP contribution in [-0.2, 0) is 4.79 Å². The zero-order valence-corrected chi connectivity index (χ0v) is 8.30. The fourth-order valence-corrected chi connectivity index (χ4v) is 2.46. The lowest BCUT2D eigenvalue weighted by molar-refractivity contribution is -0.118. The van der Waals surface area contributed by atoms with Gasteiger partial charge >= 0.3 is 0 Å². The number of carbonyl (C=O) groups is 1. The summed E-state index contributed by atoms with van der Waals surface area (Å²) in [6.07, 6.45) is 0.578. The van der Waals surface area contributed by atoms with Gasteiger partial charge in [0, 0.05) is 11.3 Å². The molecular formula is C10H11NOS. The largest absolute Gasteiger partial charge is 0.301 e. The Morgan fingerprint density at radius 2 is 2.31 bits per heavy atom. The van der Waals surface area contributed by atoms with Crippen LogP contribution >= 0.6 is 11.8 Å². The Morgan fingerprint density at radius 1 is 1.54 bits per heavy atom. The van der Waals surface area contributed by atoms with Crippen LogP contribution in [0.25, 0.3) is 0 Å². The first-order chi connectivity index (χ1) is 6.33. The summed E-state index contributed by atoms with van der Waals surface area (Å²) >= 11 is 1.72. The van der Waals surface area contributed by atoms with Gasteiger partial charge in [-0.1, -0.05) is 19.1 Å². The smallest absolute Gasteiger partial charge is 0.227 e. The van der Waals surface area contributed by atoms with Gasteiger partial charge < -0.3 is 4.90 Å². The quantitative estimate of drug-likeness (QED) is 0.683. The highest BCUT2D eigenvalue weighted by atomic mass is 32.2. The molecule has 0 radical (unpaired) electrons. The van der Waals surface area contributed by atoms with Crippen LogP contribution in [0.1, 0.15) is 13.3 Å². The van der Waals surface area contributed by atoms with Crippen LogP contribution in [0.15, 0.2) is 29.2 Å². The lowest BCUT2D eigenvalue weighted by Crippen LogP contribution is -2.26. The molecule has 3 heteroatoms. The zero-order chi connectivity index (χ0) is 9.26. The number of para-hydroxylation sites is 1. The second-order valence-corrected chi connectivity index (χ2v) is 3.90. The molecule has 0 unspecified atom stereocenters. The Balaban J connectivity index is 2.33. The topological polar surface area (TPSA) is 20.3 Å². The number of anilines is 1. The van der Waals surface area contributed by atoms with Crippen LogP contribution in [-0.4, -0.2) is 11.8 Å². The molecule has 0 saturated carbocycles. The number of benzene rings is 1. The lowest BCUT2D eigenvalue weighted by atomic mass is 10.3. The van der Waals surface area contributed by atoms with Gasteiger partial charge in [-0.2, -0.15) is 0 Å². The van der Waals surface area contributed by atoms with E-state index in [4.69, 9.17) is 0 Å². The Bertz CT molecular complexity index is 337. The van der Waals surface area contributed by atoms with Crippen LogP contribution in [0.3, 0.4) is 0 Å². The van der Waals surface area contributed by atoms with Crippen molar-refractivity contribution in [3.8, 4) is 0 Å². The van der Waals surface area contributed by atoms with E-state index < -0.39 is 0 Å². The third-order valence-corrected chi connectivity index (χ3v) is 3.15. The van der Waals surface area contributed by atoms with E-state index in [0.717, 1.165) is 11.6 Å². The van der Waals surface area contributed by atoms with Crippen molar-refractivity contribution < 1.29 is 4.79 Å². The molecule has 0 spiro atoms. The first kappa shape index (κ1) is 8.63. The first-order valence-corrected chi connectivity index (χ1v) is 5.33. The van der Waals surface area contributed by atoms with Gasteiger partial charge in [-0.25, -0.2) is 0 Å². The van der Waals surface area contributed by atoms with E-state index >= 15 is 0 Å². The van der Waals surface area contributed by atoms with Gasteiger partial charge in [0.1, 0.15) is 0 Å². The monoisotopic (exact) mass is 193 g/mol. The number of amides is 1. The normalized spacial score (nSPS) is 14.4. The van der Waals surface area contributed by atoms with E-state index in [2.05, 4.69) is 6.07 Å². The van der Waals surface area contributed by atoms with Crippen LogP contribution < -0.4 is 4.90 Å². The number of nitrogens with zero attached hydrogens (tertiary/aromatic N) is 1. The molecule has 2 rings (SSSR count). The third-order valence-electron chi connectivity index (χ3n) is 2.11. The Labute approximate surface area is 81.9 Å². The molecule has 0 bridgehead atoms. The highest BCUT2D eigenvalue weighted by Gasteiger charge is 2.22. The van der Waals surface area contributed by atoms with Crippen molar-refractivity contribution in [2.24, 2.45) is 0 Å². The minimum Gasteiger partial charge on any atom is -0.301 e. The minimum atomic E-state index is 0.206. The molecule has 1 heterocycles. The third kappa shape index (κ3) is 1.44. The molecule has 0 aliphatic carbocycles. The molecule has 0 N–H and O–H groups in total. The molecule has 0 atom stereocenters. The van der Waals surface area contributed by atoms with Gasteiger partial charge in [-0.15, -0.1) is 11.8 Å². The summed E-state index contributed by atoms with van der Waals surface area (Å²) in [6, 6.07) is 8.04. The molecule has 2 nitrogen and oxygen atoms in total. The molecular weight excluding hydrogens is 182 g/mol. The average molecular weight is 193 g/mol. The van der Waals surface area contributed by atoms with Gasteiger partial charge in [0.25, 0.3) is 0 Å². The minimum absolute atomic E-state index is 0.206. The molecule has 1 aromatic rings. The second kappa shape index (κ2) is 3.42. The standard InChI is InChI=1S/C10H11NOS/c1-2-10(12)11-7-13-9-6-4-3-5-8(9)11/h3-6H,2,7H2,1H3. The van der Waals surface area contributed by atoms with Crippen LogP contribution in [0.5, 0.6) is 0 Å². The van der Waals surface area contributed by atoms with Crippen molar-refractivity contribution in [3.05, 3.63) is 24.3 Å². The summed E-state index contributed by atoms with van der Waals surface area (Å²) in [5, 5.41) is 0. The predicted molar refractivity (Wildman–Crippen MR) is 54.9 cm³/mol. The fourth-order valence-electron chi connectivity index (χ4n) is 1.40. The van der Waals surface area contributed by atoms with Gasteiger partial charge in [0.15, 0.2) is 0 Å². The van der Waals surface area contributed by atoms with Crippen molar-refractivity contribution in [1.29, 1.82) is 0 Å². The lowest BCUT2D eigenvalue weighted by Gasteiger charge is -2.14. The SMILES string of the molecule is CCC(=O)N1CSc2ccccc21. The van der Waals surface area contributed by atoms with Crippen molar-refractivity contribution in [2.75, 3.05) is 10.8 Å². The molecule has 1 aromatic carbocycles. The fraction of sp³-hybridized carbons (Fsp3) is 0.300. The number of fused-ring (bicyclic) bond motifs is 1. The van der Waals surface area contributed by atoms with Crippen molar-refractivity contribution >= 4 is 23.4 Å². The molecule has 0 aromatic heterocycles. The Morgan fingerprint density at radius 3 is 3.08 bits per heavy atom. The Kier molecular flexibility index (Phi) is 2.27. The highest BCUT2D eigenvalue weighted by Crippen LogP contribution is 2.38. The van der Waals surface area contributed by atoms with E-state index in [1.165, 1.54) is 4.90 Å². The van der Waals surface area contributed by atoms with E-state index in [9.17, 15) is 4.79 Å². The number of thioether (sulfide) groups is 1. The number of carbonyl (C=O) groups excluding carboxylic acids is 1. The summed E-state index contributed by atoms with van der Waals surface area (Å²) in [5.74, 6) is 0.976. The molecule has 68 valence electrons. The summed E-state index contributed by atoms with van der Waals surface area (Å²) in [4.78, 5) is 14.5. The van der Waals surface area contributed by atoms with Gasteiger partial charge in [-0.05, 0) is 12.1 Å². The first-order valence-electron chi connectivity index (χ1n) is 4.35. The van der Waals surface area contributed by atoms with Crippen LogP contribution in [0.4, 0.5) is 5.69 Å². The molecule has 0 fully saturated rings. The van der Waals surface area contributed by atoms with Gasteiger partial charge in [0.2, 0.25) is 5.91 Å². The molecule has 1 aliphatic heterocycles. The van der Waals surface area contributed by atoms with E-state index in [1.807, 2.05) is 30.0 Å². The number of rotatable bonds is 1. The zero-order valence-electron chi connectivity index (χ0n) is 7.49. The maximum absolute atomic E-state index is 11.5. The summed E-state index contributed by atoms with van der Waals surface area (Å²) < 4.78 is 0. The molecule has 1 amide bonds. The molecule has 13 heavy (non-hydrogen) atoms. The van der Waals surface area contributed by atoms with Crippen LogP contribution in [0.2, 0.25) is 0 Å². The van der Waals surface area contributed by atoms with Crippen molar-refractivity contribution in [2.45, 2.75) is 18.2 Å². The van der Waals surface area contributed by atoms with E-state index in [-0.39, 0.29) is 5.91 Å². The van der Waals surface area contributed by atoms with E-state index in [1.54, 1.807) is 11.8 Å². The predicted octanol–water partition coefficient (Wildman–Crippen LogP) is 2.49. The average Bonchev–Trinajstić information content (AvgIpc) is 2.60. The van der Waals surface area contributed by atoms with Crippen molar-refractivity contribution in [1.82, 2.24) is 0 Å². The molecule has 1 aliphatic rings. The van der Waals surface area contributed by atoms with E-state index in [0.29, 0.717) is 6.42 Å². The highest BCUT2D eigenvalue weighted by molar-refractivity contribution is 8.00. The van der Waals surface area contributed by atoms with Crippen LogP contribution in [0, 0.1) is 0 Å². The number of hydrogen-bond donors (Lipinski definition) is 0.